The highest BCUT2D eigenvalue weighted by Gasteiger charge is 2.30. The van der Waals surface area contributed by atoms with Crippen molar-refractivity contribution in [3.05, 3.63) is 53.7 Å². The number of Topliss-reactive ketones (excluding diaryl/α,β-unsaturated/α-hetero) is 1. The van der Waals surface area contributed by atoms with Gasteiger partial charge in [-0.2, -0.15) is 13.2 Å². The lowest BCUT2D eigenvalue weighted by atomic mass is 9.93. The first-order chi connectivity index (χ1) is 19.0. The van der Waals surface area contributed by atoms with Crippen LogP contribution >= 0.6 is 0 Å². The lowest BCUT2D eigenvalue weighted by Crippen LogP contribution is -2.31. The van der Waals surface area contributed by atoms with Crippen LogP contribution < -0.4 is 15.4 Å². The number of nitrogens with one attached hydrogen (secondary N) is 2. The van der Waals surface area contributed by atoms with Gasteiger partial charge in [0.25, 0.3) is 0 Å². The Morgan fingerprint density at radius 1 is 1.10 bits per heavy atom. The zero-order valence-corrected chi connectivity index (χ0v) is 22.8. The van der Waals surface area contributed by atoms with Crippen molar-refractivity contribution in [3.63, 3.8) is 0 Å². The van der Waals surface area contributed by atoms with Crippen LogP contribution in [0.25, 0.3) is 10.9 Å². The van der Waals surface area contributed by atoms with E-state index in [1.807, 2.05) is 0 Å². The third-order valence-corrected chi connectivity index (χ3v) is 7.06. The van der Waals surface area contributed by atoms with Crippen LogP contribution in [0.3, 0.4) is 0 Å². The highest BCUT2D eigenvalue weighted by atomic mass is 19.4. The summed E-state index contributed by atoms with van der Waals surface area (Å²) in [4.78, 5) is 26.7. The molecule has 1 saturated heterocycles. The molecule has 7 nitrogen and oxygen atoms in total. The van der Waals surface area contributed by atoms with E-state index in [1.165, 1.54) is 14.0 Å². The van der Waals surface area contributed by atoms with Crippen molar-refractivity contribution in [2.45, 2.75) is 38.9 Å². The van der Waals surface area contributed by atoms with Crippen LogP contribution in [0.15, 0.2) is 42.5 Å². The van der Waals surface area contributed by atoms with Gasteiger partial charge in [-0.15, -0.1) is 0 Å². The van der Waals surface area contributed by atoms with Crippen molar-refractivity contribution in [1.82, 2.24) is 9.47 Å². The number of anilines is 2. The van der Waals surface area contributed by atoms with E-state index in [4.69, 9.17) is 4.74 Å². The molecule has 2 heterocycles. The summed E-state index contributed by atoms with van der Waals surface area (Å²) >= 11 is 0. The second kappa shape index (κ2) is 12.5. The topological polar surface area (TPSA) is 75.6 Å². The number of ketones is 1. The molecule has 1 amide bonds. The zero-order valence-electron chi connectivity index (χ0n) is 22.8. The number of amides is 1. The van der Waals surface area contributed by atoms with E-state index in [0.717, 1.165) is 30.5 Å². The summed E-state index contributed by atoms with van der Waals surface area (Å²) in [5, 5.41) is 6.50. The van der Waals surface area contributed by atoms with E-state index in [1.54, 1.807) is 42.5 Å². The minimum absolute atomic E-state index is 0.0977. The second-order valence-corrected chi connectivity index (χ2v) is 10.1. The maximum absolute atomic E-state index is 13.5. The number of methoxy groups -OCH3 is 1. The predicted molar refractivity (Wildman–Crippen MR) is 150 cm³/mol. The van der Waals surface area contributed by atoms with Gasteiger partial charge in [0, 0.05) is 17.4 Å². The number of hydrogen-bond acceptors (Lipinski definition) is 5. The van der Waals surface area contributed by atoms with Gasteiger partial charge >= 0.3 is 6.18 Å². The number of piperidine rings is 1. The lowest BCUT2D eigenvalue weighted by molar-refractivity contribution is -0.140. The monoisotopic (exact) mass is 554 g/mol. The van der Waals surface area contributed by atoms with Crippen LogP contribution in [0.2, 0.25) is 0 Å². The highest BCUT2D eigenvalue weighted by Crippen LogP contribution is 2.31. The van der Waals surface area contributed by atoms with Crippen molar-refractivity contribution >= 4 is 34.0 Å². The van der Waals surface area contributed by atoms with E-state index in [-0.39, 0.29) is 29.8 Å². The molecule has 1 aliphatic rings. The molecule has 0 unspecified atom stereocenters. The third-order valence-electron chi connectivity index (χ3n) is 7.06. The van der Waals surface area contributed by atoms with E-state index in [0.29, 0.717) is 40.0 Å². The molecular formula is C30H33F3N4O3. The number of fused-ring (bicyclic) bond motifs is 1. The minimum atomic E-state index is -4.46. The van der Waals surface area contributed by atoms with Crippen LogP contribution in [0, 0.1) is 17.8 Å². The Hall–Kier alpha value is -3.97. The number of hydrogen-bond donors (Lipinski definition) is 2. The molecule has 4 rings (SSSR count). The first kappa shape index (κ1) is 29.0. The smallest absolute Gasteiger partial charge is 0.406 e. The third kappa shape index (κ3) is 7.36. The lowest BCUT2D eigenvalue weighted by Gasteiger charge is -2.28. The molecule has 1 aromatic heterocycles. The molecule has 0 bridgehead atoms. The number of nitrogens with zero attached hydrogens (tertiary/aromatic N) is 2. The Morgan fingerprint density at radius 3 is 2.52 bits per heavy atom. The molecule has 0 atom stereocenters. The molecule has 0 spiro atoms. The van der Waals surface area contributed by atoms with E-state index >= 15 is 0 Å². The number of halogens is 3. The molecule has 2 N–H and O–H groups in total. The van der Waals surface area contributed by atoms with E-state index in [2.05, 4.69) is 34.4 Å². The molecule has 2 aromatic carbocycles. The van der Waals surface area contributed by atoms with Gasteiger partial charge in [-0.05, 0) is 88.1 Å². The van der Waals surface area contributed by atoms with Crippen molar-refractivity contribution < 1.29 is 27.5 Å². The van der Waals surface area contributed by atoms with Gasteiger partial charge < -0.3 is 24.8 Å². The van der Waals surface area contributed by atoms with Gasteiger partial charge in [-0.25, -0.2) is 0 Å². The van der Waals surface area contributed by atoms with Gasteiger partial charge in [-0.1, -0.05) is 12.0 Å². The first-order valence-corrected chi connectivity index (χ1v) is 13.1. The number of benzene rings is 2. The maximum Gasteiger partial charge on any atom is 0.406 e. The molecule has 0 saturated carbocycles. The Bertz CT molecular complexity index is 1440. The van der Waals surface area contributed by atoms with Crippen LogP contribution in [0.1, 0.15) is 42.2 Å². The fourth-order valence-electron chi connectivity index (χ4n) is 4.91. The average Bonchev–Trinajstić information content (AvgIpc) is 3.24. The van der Waals surface area contributed by atoms with Crippen molar-refractivity contribution in [2.24, 2.45) is 5.92 Å². The number of carbonyl (C=O) groups is 2. The van der Waals surface area contributed by atoms with Crippen LogP contribution in [0.4, 0.5) is 24.5 Å². The van der Waals surface area contributed by atoms with Crippen molar-refractivity contribution in [3.8, 4) is 17.6 Å². The fraction of sp³-hybridized carbons (Fsp3) is 0.400. The molecule has 3 aromatic rings. The normalized spacial score (nSPS) is 14.4. The fourth-order valence-corrected chi connectivity index (χ4v) is 4.91. The van der Waals surface area contributed by atoms with Gasteiger partial charge in [0.15, 0.2) is 5.78 Å². The highest BCUT2D eigenvalue weighted by molar-refractivity contribution is 6.02. The molecular weight excluding hydrogens is 521 g/mol. The summed E-state index contributed by atoms with van der Waals surface area (Å²) in [6, 6.07) is 11.5. The number of alkyl halides is 3. The largest absolute Gasteiger partial charge is 0.495 e. The van der Waals surface area contributed by atoms with Crippen molar-refractivity contribution in [1.29, 1.82) is 0 Å². The predicted octanol–water partition coefficient (Wildman–Crippen LogP) is 5.55. The Kier molecular flexibility index (Phi) is 9.05. The van der Waals surface area contributed by atoms with Crippen LogP contribution in [-0.2, 0) is 11.3 Å². The van der Waals surface area contributed by atoms with Gasteiger partial charge in [-0.3, -0.25) is 9.59 Å². The Balaban J connectivity index is 1.55. The van der Waals surface area contributed by atoms with Crippen molar-refractivity contribution in [2.75, 3.05) is 44.4 Å². The maximum atomic E-state index is 13.5. The SMILES string of the molecule is COc1cc(C(C)=O)ccc1NCC#Cc1cc2c(NC(=O)CC3CCN(C)CC3)cccc2n1CC(F)(F)F. The summed E-state index contributed by atoms with van der Waals surface area (Å²) < 4.78 is 47.0. The summed E-state index contributed by atoms with van der Waals surface area (Å²) in [7, 11) is 3.54. The zero-order chi connectivity index (χ0) is 28.9. The molecule has 212 valence electrons. The number of likely N-dealkylation sites (tertiary alicyclic amines) is 1. The molecule has 10 heteroatoms. The molecule has 1 fully saturated rings. The number of carbonyl (C=O) groups excluding carboxylic acids is 2. The second-order valence-electron chi connectivity index (χ2n) is 10.1. The molecule has 40 heavy (non-hydrogen) atoms. The van der Waals surface area contributed by atoms with Crippen LogP contribution in [-0.4, -0.2) is 61.1 Å². The quantitative estimate of drug-likeness (QED) is 0.282. The Morgan fingerprint density at radius 2 is 1.85 bits per heavy atom. The summed E-state index contributed by atoms with van der Waals surface area (Å²) in [6.45, 7) is 2.27. The van der Waals surface area contributed by atoms with Gasteiger partial charge in [0.05, 0.1) is 36.2 Å². The average molecular weight is 555 g/mol. The van der Waals surface area contributed by atoms with E-state index in [9.17, 15) is 22.8 Å². The summed E-state index contributed by atoms with van der Waals surface area (Å²) in [5.41, 5.74) is 2.10. The summed E-state index contributed by atoms with van der Waals surface area (Å²) in [6.07, 6.45) is -2.20. The Labute approximate surface area is 231 Å². The summed E-state index contributed by atoms with van der Waals surface area (Å²) in [5.74, 6) is 6.24. The number of rotatable bonds is 8. The van der Waals surface area contributed by atoms with Gasteiger partial charge in [0.2, 0.25) is 5.91 Å². The standard InChI is InChI=1S/C30H33F3N4O3/c1-20(38)22-9-10-26(28(17-22)40-3)34-13-5-6-23-18-24-25(7-4-8-27(24)37(23)19-30(31,32)33)35-29(39)16-21-11-14-36(2)15-12-21/h4,7-10,17-18,21,34H,11-16,19H2,1-3H3,(H,35,39). The molecule has 0 radical (unpaired) electrons. The molecule has 1 aliphatic heterocycles. The number of aromatic nitrogens is 1. The first-order valence-electron chi connectivity index (χ1n) is 13.1. The number of ether oxygens (including phenoxy) is 1. The molecule has 0 aliphatic carbocycles. The van der Waals surface area contributed by atoms with E-state index < -0.39 is 12.7 Å². The van der Waals surface area contributed by atoms with Gasteiger partial charge in [0.1, 0.15) is 12.3 Å². The minimum Gasteiger partial charge on any atom is -0.495 e. The van der Waals surface area contributed by atoms with Crippen LogP contribution in [0.5, 0.6) is 5.75 Å².